The third kappa shape index (κ3) is 3.25. The molecule has 5 aromatic rings. The molecule has 1 aromatic carbocycles. The van der Waals surface area contributed by atoms with Crippen molar-refractivity contribution >= 4 is 32.3 Å². The van der Waals surface area contributed by atoms with Gasteiger partial charge in [0.1, 0.15) is 5.75 Å². The molecule has 0 radical (unpaired) electrons. The molecule has 0 amide bonds. The molecule has 0 spiro atoms. The lowest BCUT2D eigenvalue weighted by Gasteiger charge is -2.13. The van der Waals surface area contributed by atoms with Gasteiger partial charge < -0.3 is 9.30 Å². The zero-order valence-corrected chi connectivity index (χ0v) is 17.2. The number of aryl methyl sites for hydroxylation is 2. The van der Waals surface area contributed by atoms with Gasteiger partial charge >= 0.3 is 0 Å². The number of aromatic nitrogens is 3. The second-order valence-electron chi connectivity index (χ2n) is 7.03. The molecule has 30 heavy (non-hydrogen) atoms. The van der Waals surface area contributed by atoms with Crippen LogP contribution in [-0.4, -0.2) is 21.6 Å². The lowest BCUT2D eigenvalue weighted by atomic mass is 10.1. The molecule has 0 N–H and O–H groups in total. The number of methoxy groups -OCH3 is 1. The highest BCUT2D eigenvalue weighted by atomic mass is 32.1. The van der Waals surface area contributed by atoms with Crippen molar-refractivity contribution in [3.8, 4) is 16.9 Å². The SMILES string of the molecule is COc1cnccc1-c1cn(CCc2ccc3ccccc3n2)c(=O)c2ccsc12. The van der Waals surface area contributed by atoms with E-state index in [1.54, 1.807) is 35.4 Å². The van der Waals surface area contributed by atoms with Gasteiger partial charge in [-0.2, -0.15) is 0 Å². The normalized spacial score (nSPS) is 11.2. The van der Waals surface area contributed by atoms with Crippen LogP contribution in [0.2, 0.25) is 0 Å². The van der Waals surface area contributed by atoms with Crippen LogP contribution < -0.4 is 10.3 Å². The van der Waals surface area contributed by atoms with Crippen molar-refractivity contribution in [1.82, 2.24) is 14.5 Å². The van der Waals surface area contributed by atoms with E-state index in [-0.39, 0.29) is 5.56 Å². The van der Waals surface area contributed by atoms with Crippen LogP contribution in [0.5, 0.6) is 5.75 Å². The maximum Gasteiger partial charge on any atom is 0.259 e. The molecular formula is C24H19N3O2S. The summed E-state index contributed by atoms with van der Waals surface area (Å²) in [5.41, 5.74) is 3.86. The topological polar surface area (TPSA) is 57.0 Å². The molecule has 0 saturated heterocycles. The molecule has 0 bridgehead atoms. The van der Waals surface area contributed by atoms with E-state index in [1.807, 2.05) is 48.0 Å². The van der Waals surface area contributed by atoms with Gasteiger partial charge in [-0.3, -0.25) is 14.8 Å². The van der Waals surface area contributed by atoms with E-state index >= 15 is 0 Å². The highest BCUT2D eigenvalue weighted by Crippen LogP contribution is 2.35. The number of rotatable bonds is 5. The van der Waals surface area contributed by atoms with Crippen molar-refractivity contribution in [3.63, 3.8) is 0 Å². The Morgan fingerprint density at radius 2 is 1.97 bits per heavy atom. The molecule has 0 aliphatic carbocycles. The maximum atomic E-state index is 13.1. The van der Waals surface area contributed by atoms with Gasteiger partial charge in [-0.05, 0) is 29.6 Å². The number of thiophene rings is 1. The number of ether oxygens (including phenoxy) is 1. The Hall–Kier alpha value is -3.51. The standard InChI is InChI=1S/C24H19N3O2S/c1-29-22-14-25-11-8-18(22)20-15-27(24(28)19-10-13-30-23(19)20)12-9-17-7-6-16-4-2-3-5-21(16)26-17/h2-8,10-11,13-15H,9,12H2,1H3. The molecule has 0 saturated carbocycles. The number of para-hydroxylation sites is 1. The summed E-state index contributed by atoms with van der Waals surface area (Å²) in [6, 6.07) is 16.0. The van der Waals surface area contributed by atoms with Crippen LogP contribution in [0, 0.1) is 0 Å². The average Bonchev–Trinajstić information content (AvgIpc) is 3.29. The minimum atomic E-state index is 0.0174. The number of fused-ring (bicyclic) bond motifs is 2. The van der Waals surface area contributed by atoms with Gasteiger partial charge in [0.15, 0.2) is 0 Å². The summed E-state index contributed by atoms with van der Waals surface area (Å²) in [6.45, 7) is 0.552. The van der Waals surface area contributed by atoms with Crippen LogP contribution in [0.3, 0.4) is 0 Å². The van der Waals surface area contributed by atoms with Crippen LogP contribution in [-0.2, 0) is 13.0 Å². The average molecular weight is 414 g/mol. The van der Waals surface area contributed by atoms with Gasteiger partial charge in [0.25, 0.3) is 5.56 Å². The molecule has 4 heterocycles. The predicted octanol–water partition coefficient (Wildman–Crippen LogP) is 4.92. The third-order valence-electron chi connectivity index (χ3n) is 5.25. The van der Waals surface area contributed by atoms with Gasteiger partial charge in [-0.15, -0.1) is 11.3 Å². The Bertz CT molecular complexity index is 1420. The van der Waals surface area contributed by atoms with Gasteiger partial charge in [-0.25, -0.2) is 0 Å². The highest BCUT2D eigenvalue weighted by Gasteiger charge is 2.15. The van der Waals surface area contributed by atoms with E-state index in [4.69, 9.17) is 9.72 Å². The third-order valence-corrected chi connectivity index (χ3v) is 6.19. The Labute approximate surface area is 177 Å². The second-order valence-corrected chi connectivity index (χ2v) is 7.94. The minimum absolute atomic E-state index is 0.0174. The summed E-state index contributed by atoms with van der Waals surface area (Å²) in [7, 11) is 1.63. The zero-order valence-electron chi connectivity index (χ0n) is 16.4. The number of pyridine rings is 3. The Morgan fingerprint density at radius 3 is 2.87 bits per heavy atom. The Kier molecular flexibility index (Phi) is 4.77. The summed E-state index contributed by atoms with van der Waals surface area (Å²) >= 11 is 1.57. The number of benzene rings is 1. The number of nitrogens with zero attached hydrogens (tertiary/aromatic N) is 3. The van der Waals surface area contributed by atoms with Crippen molar-refractivity contribution in [2.24, 2.45) is 0 Å². The Balaban J connectivity index is 1.55. The molecule has 0 aliphatic rings. The van der Waals surface area contributed by atoms with E-state index < -0.39 is 0 Å². The molecule has 4 aromatic heterocycles. The summed E-state index contributed by atoms with van der Waals surface area (Å²) in [5.74, 6) is 0.689. The molecule has 148 valence electrons. The van der Waals surface area contributed by atoms with Crippen LogP contribution in [0.15, 0.2) is 77.3 Å². The minimum Gasteiger partial charge on any atom is -0.494 e. The first-order valence-electron chi connectivity index (χ1n) is 9.68. The van der Waals surface area contributed by atoms with Crippen LogP contribution in [0.25, 0.3) is 32.1 Å². The predicted molar refractivity (Wildman–Crippen MR) is 121 cm³/mol. The van der Waals surface area contributed by atoms with E-state index in [2.05, 4.69) is 17.1 Å². The fourth-order valence-electron chi connectivity index (χ4n) is 3.72. The first-order chi connectivity index (χ1) is 14.7. The highest BCUT2D eigenvalue weighted by molar-refractivity contribution is 7.17. The fourth-order valence-corrected chi connectivity index (χ4v) is 4.63. The summed E-state index contributed by atoms with van der Waals surface area (Å²) in [6.07, 6.45) is 6.04. The largest absolute Gasteiger partial charge is 0.494 e. The molecule has 6 heteroatoms. The molecule has 0 aliphatic heterocycles. The molecule has 5 rings (SSSR count). The molecule has 0 unspecified atom stereocenters. The second kappa shape index (κ2) is 7.72. The smallest absolute Gasteiger partial charge is 0.259 e. The van der Waals surface area contributed by atoms with Crippen molar-refractivity contribution in [2.45, 2.75) is 13.0 Å². The zero-order chi connectivity index (χ0) is 20.5. The van der Waals surface area contributed by atoms with E-state index in [9.17, 15) is 4.79 Å². The molecule has 0 fully saturated rings. The summed E-state index contributed by atoms with van der Waals surface area (Å²) in [5, 5.41) is 3.80. The van der Waals surface area contributed by atoms with E-state index in [0.29, 0.717) is 18.7 Å². The summed E-state index contributed by atoms with van der Waals surface area (Å²) in [4.78, 5) is 22.0. The van der Waals surface area contributed by atoms with Crippen LogP contribution in [0.1, 0.15) is 5.69 Å². The molecule has 5 nitrogen and oxygen atoms in total. The monoisotopic (exact) mass is 413 g/mol. The van der Waals surface area contributed by atoms with Crippen LogP contribution >= 0.6 is 11.3 Å². The first kappa shape index (κ1) is 18.5. The van der Waals surface area contributed by atoms with Gasteiger partial charge in [0, 0.05) is 52.3 Å². The van der Waals surface area contributed by atoms with Crippen molar-refractivity contribution in [3.05, 3.63) is 88.5 Å². The lowest BCUT2D eigenvalue weighted by molar-refractivity contribution is 0.414. The van der Waals surface area contributed by atoms with Crippen LogP contribution in [0.4, 0.5) is 0 Å². The fraction of sp³-hybridized carbons (Fsp3) is 0.125. The molecular weight excluding hydrogens is 394 g/mol. The maximum absolute atomic E-state index is 13.1. The first-order valence-corrected chi connectivity index (χ1v) is 10.6. The van der Waals surface area contributed by atoms with E-state index in [0.717, 1.165) is 37.8 Å². The molecule has 0 atom stereocenters. The van der Waals surface area contributed by atoms with Gasteiger partial charge in [-0.1, -0.05) is 24.3 Å². The quantitative estimate of drug-likeness (QED) is 0.410. The van der Waals surface area contributed by atoms with E-state index in [1.165, 1.54) is 0 Å². The van der Waals surface area contributed by atoms with Gasteiger partial charge in [0.2, 0.25) is 0 Å². The summed E-state index contributed by atoms with van der Waals surface area (Å²) < 4.78 is 8.25. The van der Waals surface area contributed by atoms with Gasteiger partial charge in [0.05, 0.1) is 24.2 Å². The number of hydrogen-bond acceptors (Lipinski definition) is 5. The lowest BCUT2D eigenvalue weighted by Crippen LogP contribution is -2.21. The van der Waals surface area contributed by atoms with Crippen molar-refractivity contribution < 1.29 is 4.74 Å². The number of hydrogen-bond donors (Lipinski definition) is 0. The van der Waals surface area contributed by atoms with Crippen molar-refractivity contribution in [1.29, 1.82) is 0 Å². The van der Waals surface area contributed by atoms with Crippen molar-refractivity contribution in [2.75, 3.05) is 7.11 Å². The Morgan fingerprint density at radius 1 is 1.07 bits per heavy atom.